The van der Waals surface area contributed by atoms with Crippen LogP contribution in [0.4, 0.5) is 0 Å². The van der Waals surface area contributed by atoms with Gasteiger partial charge in [-0.15, -0.1) is 11.3 Å². The van der Waals surface area contributed by atoms with Gasteiger partial charge in [-0.2, -0.15) is 0 Å². The summed E-state index contributed by atoms with van der Waals surface area (Å²) in [5.41, 5.74) is 1.16. The SMILES string of the molecule is CNC(c1cc(C)c(Cl)s1)C1CCCCO1. The Labute approximate surface area is 106 Å². The summed E-state index contributed by atoms with van der Waals surface area (Å²) in [7, 11) is 1.99. The van der Waals surface area contributed by atoms with Gasteiger partial charge in [-0.25, -0.2) is 0 Å². The lowest BCUT2D eigenvalue weighted by Crippen LogP contribution is -2.33. The maximum atomic E-state index is 6.12. The van der Waals surface area contributed by atoms with Crippen LogP contribution in [0.25, 0.3) is 0 Å². The van der Waals surface area contributed by atoms with Crippen LogP contribution in [-0.2, 0) is 4.74 Å². The average Bonchev–Trinajstić information content (AvgIpc) is 2.61. The molecule has 0 bridgehead atoms. The first kappa shape index (κ1) is 12.4. The fourth-order valence-corrected chi connectivity index (χ4v) is 3.56. The molecule has 2 nitrogen and oxygen atoms in total. The Bertz CT molecular complexity index is 327. The largest absolute Gasteiger partial charge is 0.376 e. The van der Waals surface area contributed by atoms with Crippen molar-refractivity contribution in [3.63, 3.8) is 0 Å². The van der Waals surface area contributed by atoms with Gasteiger partial charge in [0.2, 0.25) is 0 Å². The third-order valence-corrected chi connectivity index (χ3v) is 4.72. The number of likely N-dealkylation sites (N-methyl/N-ethyl adjacent to an activating group) is 1. The fourth-order valence-electron chi connectivity index (χ4n) is 2.18. The van der Waals surface area contributed by atoms with Crippen molar-refractivity contribution < 1.29 is 4.74 Å². The van der Waals surface area contributed by atoms with E-state index in [2.05, 4.69) is 18.3 Å². The lowest BCUT2D eigenvalue weighted by Gasteiger charge is -2.29. The topological polar surface area (TPSA) is 21.3 Å². The van der Waals surface area contributed by atoms with Gasteiger partial charge in [0.25, 0.3) is 0 Å². The number of nitrogens with one attached hydrogen (secondary N) is 1. The summed E-state index contributed by atoms with van der Waals surface area (Å²) in [6.07, 6.45) is 3.89. The zero-order valence-corrected chi connectivity index (χ0v) is 11.3. The van der Waals surface area contributed by atoms with Gasteiger partial charge in [0.15, 0.2) is 0 Å². The molecule has 2 atom stereocenters. The molecule has 0 amide bonds. The molecule has 0 spiro atoms. The van der Waals surface area contributed by atoms with E-state index in [9.17, 15) is 0 Å². The Morgan fingerprint density at radius 1 is 1.56 bits per heavy atom. The van der Waals surface area contributed by atoms with Gasteiger partial charge in [0.1, 0.15) is 0 Å². The predicted molar refractivity (Wildman–Crippen MR) is 69.5 cm³/mol. The summed E-state index contributed by atoms with van der Waals surface area (Å²) in [4.78, 5) is 1.29. The molecular formula is C12H18ClNOS. The number of ether oxygens (including phenoxy) is 1. The Hall–Kier alpha value is -0.0900. The van der Waals surface area contributed by atoms with Crippen molar-refractivity contribution in [1.29, 1.82) is 0 Å². The molecule has 1 aromatic heterocycles. The van der Waals surface area contributed by atoms with E-state index in [4.69, 9.17) is 16.3 Å². The molecule has 1 aliphatic heterocycles. The fraction of sp³-hybridized carbons (Fsp3) is 0.667. The van der Waals surface area contributed by atoms with Crippen molar-refractivity contribution in [1.82, 2.24) is 5.32 Å². The molecule has 0 saturated carbocycles. The Morgan fingerprint density at radius 3 is 2.88 bits per heavy atom. The monoisotopic (exact) mass is 259 g/mol. The van der Waals surface area contributed by atoms with Gasteiger partial charge in [0, 0.05) is 11.5 Å². The smallest absolute Gasteiger partial charge is 0.0960 e. The molecule has 4 heteroatoms. The van der Waals surface area contributed by atoms with E-state index < -0.39 is 0 Å². The Kier molecular flexibility index (Phi) is 4.25. The van der Waals surface area contributed by atoms with Crippen LogP contribution in [0, 0.1) is 6.92 Å². The minimum Gasteiger partial charge on any atom is -0.376 e. The molecule has 2 rings (SSSR count). The highest BCUT2D eigenvalue weighted by Gasteiger charge is 2.26. The quantitative estimate of drug-likeness (QED) is 0.897. The molecule has 90 valence electrons. The van der Waals surface area contributed by atoms with E-state index in [-0.39, 0.29) is 6.04 Å². The highest BCUT2D eigenvalue weighted by molar-refractivity contribution is 7.16. The highest BCUT2D eigenvalue weighted by atomic mass is 35.5. The third kappa shape index (κ3) is 2.59. The van der Waals surface area contributed by atoms with Crippen LogP contribution < -0.4 is 5.32 Å². The van der Waals surface area contributed by atoms with Crippen LogP contribution in [0.5, 0.6) is 0 Å². The molecule has 1 aliphatic rings. The van der Waals surface area contributed by atoms with E-state index in [1.807, 2.05) is 7.05 Å². The van der Waals surface area contributed by atoms with Crippen LogP contribution in [-0.4, -0.2) is 19.8 Å². The predicted octanol–water partition coefficient (Wildman–Crippen LogP) is 3.54. The van der Waals surface area contributed by atoms with Crippen LogP contribution in [0.3, 0.4) is 0 Å². The molecule has 0 aromatic carbocycles. The minimum absolute atomic E-state index is 0.288. The van der Waals surface area contributed by atoms with Gasteiger partial charge >= 0.3 is 0 Å². The van der Waals surface area contributed by atoms with E-state index >= 15 is 0 Å². The molecule has 1 aromatic rings. The van der Waals surface area contributed by atoms with E-state index in [1.165, 1.54) is 17.7 Å². The van der Waals surface area contributed by atoms with Crippen molar-refractivity contribution in [2.24, 2.45) is 0 Å². The van der Waals surface area contributed by atoms with Crippen molar-refractivity contribution >= 4 is 22.9 Å². The molecule has 1 N–H and O–H groups in total. The van der Waals surface area contributed by atoms with Crippen LogP contribution in [0.15, 0.2) is 6.07 Å². The Balaban J connectivity index is 2.14. The van der Waals surface area contributed by atoms with Crippen molar-refractivity contribution in [2.75, 3.05) is 13.7 Å². The van der Waals surface area contributed by atoms with Crippen LogP contribution in [0.2, 0.25) is 4.34 Å². The first-order valence-electron chi connectivity index (χ1n) is 5.77. The molecular weight excluding hydrogens is 242 g/mol. The standard InChI is InChI=1S/C12H18ClNOS/c1-8-7-10(16-12(8)13)11(14-2)9-5-3-4-6-15-9/h7,9,11,14H,3-6H2,1-2H3. The Morgan fingerprint density at radius 2 is 2.38 bits per heavy atom. The van der Waals surface area contributed by atoms with Gasteiger partial charge in [-0.05, 0) is 44.9 Å². The van der Waals surface area contributed by atoms with Crippen molar-refractivity contribution in [3.8, 4) is 0 Å². The zero-order valence-electron chi connectivity index (χ0n) is 9.75. The lowest BCUT2D eigenvalue weighted by atomic mass is 10.0. The summed E-state index contributed by atoms with van der Waals surface area (Å²) < 4.78 is 6.73. The molecule has 0 aliphatic carbocycles. The molecule has 0 radical (unpaired) electrons. The average molecular weight is 260 g/mol. The normalized spacial score (nSPS) is 23.3. The van der Waals surface area contributed by atoms with Gasteiger partial charge in [-0.1, -0.05) is 11.6 Å². The molecule has 1 fully saturated rings. The van der Waals surface area contributed by atoms with Crippen LogP contribution >= 0.6 is 22.9 Å². The number of hydrogen-bond acceptors (Lipinski definition) is 3. The second-order valence-electron chi connectivity index (χ2n) is 4.28. The number of halogens is 1. The van der Waals surface area contributed by atoms with E-state index in [0.717, 1.165) is 22.9 Å². The van der Waals surface area contributed by atoms with Gasteiger partial charge in [-0.3, -0.25) is 0 Å². The maximum absolute atomic E-state index is 6.12. The lowest BCUT2D eigenvalue weighted by molar-refractivity contribution is -0.00589. The first-order valence-corrected chi connectivity index (χ1v) is 6.96. The third-order valence-electron chi connectivity index (χ3n) is 3.08. The van der Waals surface area contributed by atoms with Crippen molar-refractivity contribution in [2.45, 2.75) is 38.3 Å². The molecule has 16 heavy (non-hydrogen) atoms. The van der Waals surface area contributed by atoms with Gasteiger partial charge in [0.05, 0.1) is 16.5 Å². The number of hydrogen-bond donors (Lipinski definition) is 1. The van der Waals surface area contributed by atoms with Crippen LogP contribution in [0.1, 0.15) is 35.7 Å². The summed E-state index contributed by atoms with van der Waals surface area (Å²) >= 11 is 7.78. The minimum atomic E-state index is 0.288. The summed E-state index contributed by atoms with van der Waals surface area (Å²) in [5.74, 6) is 0. The molecule has 2 heterocycles. The van der Waals surface area contributed by atoms with E-state index in [1.54, 1.807) is 11.3 Å². The van der Waals surface area contributed by atoms with Crippen molar-refractivity contribution in [3.05, 3.63) is 20.8 Å². The van der Waals surface area contributed by atoms with E-state index in [0.29, 0.717) is 6.10 Å². The zero-order chi connectivity index (χ0) is 11.5. The number of aryl methyl sites for hydroxylation is 1. The summed E-state index contributed by atoms with van der Waals surface area (Å²) in [5, 5.41) is 3.36. The second-order valence-corrected chi connectivity index (χ2v) is 5.96. The summed E-state index contributed by atoms with van der Waals surface area (Å²) in [6.45, 7) is 2.94. The first-order chi connectivity index (χ1) is 7.72. The highest BCUT2D eigenvalue weighted by Crippen LogP contribution is 2.35. The number of rotatable bonds is 3. The maximum Gasteiger partial charge on any atom is 0.0960 e. The second kappa shape index (κ2) is 5.50. The molecule has 2 unspecified atom stereocenters. The molecule has 1 saturated heterocycles. The van der Waals surface area contributed by atoms with Gasteiger partial charge < -0.3 is 10.1 Å². The summed E-state index contributed by atoms with van der Waals surface area (Å²) in [6, 6.07) is 2.46. The number of thiophene rings is 1.